The van der Waals surface area contributed by atoms with E-state index in [-0.39, 0.29) is 5.78 Å². The van der Waals surface area contributed by atoms with Crippen molar-refractivity contribution in [2.24, 2.45) is 0 Å². The normalized spacial score (nSPS) is 10.9. The molecule has 31 heavy (non-hydrogen) atoms. The van der Waals surface area contributed by atoms with Crippen LogP contribution in [0.1, 0.15) is 31.9 Å². The van der Waals surface area contributed by atoms with E-state index in [4.69, 9.17) is 17.3 Å². The lowest BCUT2D eigenvalue weighted by Crippen LogP contribution is -2.32. The molecule has 0 aliphatic carbocycles. The lowest BCUT2D eigenvalue weighted by molar-refractivity contribution is -0.597. The maximum absolute atomic E-state index is 13.2. The molecule has 0 fully saturated rings. The molecular formula is C25H22ClN2OS2+. The summed E-state index contributed by atoms with van der Waals surface area (Å²) in [4.78, 5) is 13.8. The number of nitrogens with zero attached hydrogens (tertiary/aromatic N) is 1. The average Bonchev–Trinajstić information content (AvgIpc) is 3.09. The van der Waals surface area contributed by atoms with E-state index in [1.54, 1.807) is 11.8 Å². The molecule has 0 spiro atoms. The zero-order chi connectivity index (χ0) is 22.0. The van der Waals surface area contributed by atoms with E-state index in [2.05, 4.69) is 32.3 Å². The fourth-order valence-electron chi connectivity index (χ4n) is 3.41. The van der Waals surface area contributed by atoms with Gasteiger partial charge >= 0.3 is 0 Å². The predicted octanol–water partition coefficient (Wildman–Crippen LogP) is 6.40. The number of ketones is 1. The van der Waals surface area contributed by atoms with Crippen LogP contribution in [0.15, 0.2) is 77.3 Å². The Balaban J connectivity index is 1.77. The number of anilines is 1. The molecule has 3 nitrogen and oxygen atoms in total. The minimum absolute atomic E-state index is 0.0485. The minimum Gasteiger partial charge on any atom is -0.392 e. The van der Waals surface area contributed by atoms with Crippen molar-refractivity contribution in [3.8, 4) is 5.69 Å². The first-order valence-electron chi connectivity index (χ1n) is 9.81. The Kier molecular flexibility index (Phi) is 6.46. The number of nitrogen functional groups attached to an aromatic ring is 1. The molecule has 0 aliphatic rings. The molecule has 2 N–H and O–H groups in total. The SMILES string of the molecule is Cc1cc(C)c[n+](-c2c(SCc3ccc(Cl)cc3)sc(C(=O)c3ccccc3)c2N)c1. The summed E-state index contributed by atoms with van der Waals surface area (Å²) in [6.07, 6.45) is 4.10. The minimum atomic E-state index is -0.0485. The summed E-state index contributed by atoms with van der Waals surface area (Å²) in [7, 11) is 0. The molecule has 0 bridgehead atoms. The average molecular weight is 466 g/mol. The largest absolute Gasteiger partial charge is 0.392 e. The predicted molar refractivity (Wildman–Crippen MR) is 131 cm³/mol. The lowest BCUT2D eigenvalue weighted by atomic mass is 10.1. The first-order chi connectivity index (χ1) is 14.9. The van der Waals surface area contributed by atoms with Crippen LogP contribution in [0, 0.1) is 13.8 Å². The van der Waals surface area contributed by atoms with Gasteiger partial charge in [-0.25, -0.2) is 0 Å². The van der Waals surface area contributed by atoms with Gasteiger partial charge < -0.3 is 5.73 Å². The van der Waals surface area contributed by atoms with Crippen LogP contribution in [0.3, 0.4) is 0 Å². The number of hydrogen-bond acceptors (Lipinski definition) is 4. The maximum Gasteiger partial charge on any atom is 0.259 e. The van der Waals surface area contributed by atoms with Crippen LogP contribution in [0.25, 0.3) is 5.69 Å². The summed E-state index contributed by atoms with van der Waals surface area (Å²) in [6, 6.07) is 19.2. The van der Waals surface area contributed by atoms with Gasteiger partial charge in [0, 0.05) is 27.5 Å². The number of hydrogen-bond donors (Lipinski definition) is 1. The molecule has 2 aromatic heterocycles. The van der Waals surface area contributed by atoms with Crippen molar-refractivity contribution in [1.29, 1.82) is 0 Å². The second-order valence-electron chi connectivity index (χ2n) is 7.39. The highest BCUT2D eigenvalue weighted by Gasteiger charge is 2.28. The van der Waals surface area contributed by atoms with Gasteiger partial charge in [0.1, 0.15) is 14.8 Å². The second-order valence-corrected chi connectivity index (χ2v) is 10.1. The van der Waals surface area contributed by atoms with E-state index in [0.29, 0.717) is 16.1 Å². The fourth-order valence-corrected chi connectivity index (χ4v) is 5.96. The molecule has 0 saturated heterocycles. The number of carbonyl (C=O) groups is 1. The van der Waals surface area contributed by atoms with Crippen LogP contribution in [-0.2, 0) is 5.75 Å². The molecule has 4 aromatic rings. The van der Waals surface area contributed by atoms with E-state index >= 15 is 0 Å². The van der Waals surface area contributed by atoms with Gasteiger partial charge in [-0.3, -0.25) is 4.79 Å². The zero-order valence-electron chi connectivity index (χ0n) is 17.3. The summed E-state index contributed by atoms with van der Waals surface area (Å²) < 4.78 is 3.06. The zero-order valence-corrected chi connectivity index (χ0v) is 19.7. The van der Waals surface area contributed by atoms with E-state index in [1.807, 2.05) is 59.2 Å². The van der Waals surface area contributed by atoms with Crippen molar-refractivity contribution >= 4 is 46.2 Å². The first kappa shape index (κ1) is 21.6. The molecule has 6 heteroatoms. The third-order valence-electron chi connectivity index (χ3n) is 4.81. The Labute approximate surface area is 195 Å². The molecule has 2 aromatic carbocycles. The summed E-state index contributed by atoms with van der Waals surface area (Å²) >= 11 is 9.16. The third kappa shape index (κ3) is 4.85. The molecule has 0 radical (unpaired) electrons. The topological polar surface area (TPSA) is 47.0 Å². The molecule has 2 heterocycles. The summed E-state index contributed by atoms with van der Waals surface area (Å²) in [6.45, 7) is 4.12. The highest BCUT2D eigenvalue weighted by atomic mass is 35.5. The number of rotatable bonds is 6. The maximum atomic E-state index is 13.2. The van der Waals surface area contributed by atoms with Gasteiger partial charge in [0.25, 0.3) is 5.69 Å². The number of aryl methyl sites for hydroxylation is 2. The Morgan fingerprint density at radius 3 is 2.32 bits per heavy atom. The first-order valence-corrected chi connectivity index (χ1v) is 12.0. The van der Waals surface area contributed by atoms with Gasteiger partial charge in [0.15, 0.2) is 12.4 Å². The number of benzene rings is 2. The van der Waals surface area contributed by atoms with E-state index < -0.39 is 0 Å². The van der Waals surface area contributed by atoms with Crippen LogP contribution in [0.4, 0.5) is 5.69 Å². The van der Waals surface area contributed by atoms with Gasteiger partial charge in [-0.05, 0) is 37.6 Å². The molecule has 0 amide bonds. The van der Waals surface area contributed by atoms with E-state index in [9.17, 15) is 4.79 Å². The number of aromatic nitrogens is 1. The van der Waals surface area contributed by atoms with Crippen molar-refractivity contribution in [1.82, 2.24) is 0 Å². The van der Waals surface area contributed by atoms with Gasteiger partial charge in [0.2, 0.25) is 5.78 Å². The second kappa shape index (κ2) is 9.27. The van der Waals surface area contributed by atoms with Crippen molar-refractivity contribution in [2.75, 3.05) is 5.73 Å². The van der Waals surface area contributed by atoms with Gasteiger partial charge in [-0.15, -0.1) is 23.1 Å². The van der Waals surface area contributed by atoms with Crippen molar-refractivity contribution in [3.05, 3.63) is 105 Å². The standard InChI is InChI=1S/C25H21ClN2OS2/c1-16-12-17(2)14-28(13-16)22-21(27)24(23(29)19-6-4-3-5-7-19)31-25(22)30-15-18-8-10-20(26)11-9-18/h3-14H,15H2,1-2H3,(H-,27,29)/p+1. The van der Waals surface area contributed by atoms with Crippen molar-refractivity contribution in [3.63, 3.8) is 0 Å². The molecule has 0 aliphatic heterocycles. The lowest BCUT2D eigenvalue weighted by Gasteiger charge is -2.03. The molecule has 156 valence electrons. The number of thiophene rings is 1. The monoisotopic (exact) mass is 465 g/mol. The van der Waals surface area contributed by atoms with Gasteiger partial charge in [-0.1, -0.05) is 54.1 Å². The van der Waals surface area contributed by atoms with Crippen LogP contribution < -0.4 is 10.3 Å². The molecular weight excluding hydrogens is 444 g/mol. The molecule has 4 rings (SSSR count). The summed E-state index contributed by atoms with van der Waals surface area (Å²) in [5.41, 5.74) is 12.1. The summed E-state index contributed by atoms with van der Waals surface area (Å²) in [5, 5.41) is 0.719. The van der Waals surface area contributed by atoms with E-state index in [0.717, 1.165) is 37.4 Å². The molecule has 0 saturated carbocycles. The smallest absolute Gasteiger partial charge is 0.259 e. The molecule has 0 atom stereocenters. The van der Waals surface area contributed by atoms with Crippen molar-refractivity contribution in [2.45, 2.75) is 23.8 Å². The Bertz CT molecular complexity index is 1210. The van der Waals surface area contributed by atoms with Crippen LogP contribution in [0.5, 0.6) is 0 Å². The van der Waals surface area contributed by atoms with Crippen LogP contribution in [0.2, 0.25) is 5.02 Å². The van der Waals surface area contributed by atoms with Crippen LogP contribution in [-0.4, -0.2) is 5.78 Å². The fraction of sp³-hybridized carbons (Fsp3) is 0.120. The Hall–Kier alpha value is -2.60. The van der Waals surface area contributed by atoms with Crippen molar-refractivity contribution < 1.29 is 9.36 Å². The highest BCUT2D eigenvalue weighted by molar-refractivity contribution is 8.00. The Morgan fingerprint density at radius 1 is 1.03 bits per heavy atom. The van der Waals surface area contributed by atoms with Crippen LogP contribution >= 0.6 is 34.7 Å². The number of nitrogens with two attached hydrogens (primary N) is 1. The number of thioether (sulfide) groups is 1. The number of carbonyl (C=O) groups excluding carboxylic acids is 1. The van der Waals surface area contributed by atoms with Gasteiger partial charge in [0.05, 0.1) is 0 Å². The molecule has 0 unspecified atom stereocenters. The third-order valence-corrected chi connectivity index (χ3v) is 7.59. The quantitative estimate of drug-likeness (QED) is 0.203. The Morgan fingerprint density at radius 2 is 1.68 bits per heavy atom. The number of pyridine rings is 1. The number of halogens is 1. The summed E-state index contributed by atoms with van der Waals surface area (Å²) in [5.74, 6) is 0.710. The highest BCUT2D eigenvalue weighted by Crippen LogP contribution is 2.41. The van der Waals surface area contributed by atoms with E-state index in [1.165, 1.54) is 11.3 Å². The van der Waals surface area contributed by atoms with Gasteiger partial charge in [-0.2, -0.15) is 4.57 Å².